The summed E-state index contributed by atoms with van der Waals surface area (Å²) in [5, 5.41) is 3.73. The highest BCUT2D eigenvalue weighted by molar-refractivity contribution is 5.11. The fourth-order valence-electron chi connectivity index (χ4n) is 3.07. The van der Waals surface area contributed by atoms with Crippen molar-refractivity contribution < 1.29 is 0 Å². The quantitative estimate of drug-likeness (QED) is 0.660. The van der Waals surface area contributed by atoms with Crippen LogP contribution < -0.4 is 5.32 Å². The summed E-state index contributed by atoms with van der Waals surface area (Å²) < 4.78 is 0. The molecule has 0 heterocycles. The third-order valence-electron chi connectivity index (χ3n) is 4.27. The first kappa shape index (κ1) is 15.8. The summed E-state index contributed by atoms with van der Waals surface area (Å²) in [6.45, 7) is 12.7. The van der Waals surface area contributed by atoms with E-state index in [1.807, 2.05) is 0 Å². The molecule has 106 valence electrons. The molecule has 0 bridgehead atoms. The van der Waals surface area contributed by atoms with Crippen molar-refractivity contribution in [1.29, 1.82) is 0 Å². The van der Waals surface area contributed by atoms with Gasteiger partial charge in [-0.15, -0.1) is 0 Å². The van der Waals surface area contributed by atoms with Crippen molar-refractivity contribution in [3.63, 3.8) is 0 Å². The molecule has 1 nitrogen and oxygen atoms in total. The van der Waals surface area contributed by atoms with Crippen LogP contribution in [0, 0.1) is 11.8 Å². The highest BCUT2D eigenvalue weighted by Gasteiger charge is 2.24. The normalized spacial score (nSPS) is 18.9. The monoisotopic (exact) mass is 251 g/mol. The lowest BCUT2D eigenvalue weighted by atomic mass is 9.78. The van der Waals surface area contributed by atoms with Crippen LogP contribution in [0.2, 0.25) is 0 Å². The predicted molar refractivity (Wildman–Crippen MR) is 81.9 cm³/mol. The van der Waals surface area contributed by atoms with E-state index < -0.39 is 0 Å². The van der Waals surface area contributed by atoms with Crippen LogP contribution in [-0.4, -0.2) is 12.1 Å². The first-order chi connectivity index (χ1) is 8.48. The van der Waals surface area contributed by atoms with E-state index in [-0.39, 0.29) is 5.54 Å². The second-order valence-electron chi connectivity index (χ2n) is 6.84. The zero-order valence-electron chi connectivity index (χ0n) is 13.2. The van der Waals surface area contributed by atoms with E-state index >= 15 is 0 Å². The largest absolute Gasteiger partial charge is 0.311 e. The molecule has 0 fully saturated rings. The molecule has 0 aromatic rings. The molecule has 1 atom stereocenters. The Hall–Kier alpha value is -0.300. The van der Waals surface area contributed by atoms with Crippen molar-refractivity contribution in [3.05, 3.63) is 11.6 Å². The lowest BCUT2D eigenvalue weighted by Gasteiger charge is -2.33. The zero-order chi connectivity index (χ0) is 13.6. The molecule has 0 aromatic carbocycles. The molecule has 0 aromatic heterocycles. The molecule has 18 heavy (non-hydrogen) atoms. The zero-order valence-corrected chi connectivity index (χ0v) is 13.2. The van der Waals surface area contributed by atoms with Crippen LogP contribution in [0.3, 0.4) is 0 Å². The van der Waals surface area contributed by atoms with Gasteiger partial charge in [-0.2, -0.15) is 0 Å². The fourth-order valence-corrected chi connectivity index (χ4v) is 3.07. The van der Waals surface area contributed by atoms with Gasteiger partial charge >= 0.3 is 0 Å². The Morgan fingerprint density at radius 3 is 2.28 bits per heavy atom. The molecule has 0 saturated heterocycles. The topological polar surface area (TPSA) is 12.0 Å². The van der Waals surface area contributed by atoms with Gasteiger partial charge < -0.3 is 5.32 Å². The minimum Gasteiger partial charge on any atom is -0.311 e. The van der Waals surface area contributed by atoms with Crippen LogP contribution in [0.25, 0.3) is 0 Å². The first-order valence-electron chi connectivity index (χ1n) is 7.91. The standard InChI is InChI=1S/C17H33N/c1-6-14(7-2)16(13-18-17(3,4)5)15-11-9-8-10-12-15/h11,14,16,18H,6-10,12-13H2,1-5H3. The van der Waals surface area contributed by atoms with E-state index in [0.29, 0.717) is 0 Å². The summed E-state index contributed by atoms with van der Waals surface area (Å²) in [5.41, 5.74) is 1.98. The maximum absolute atomic E-state index is 3.73. The highest BCUT2D eigenvalue weighted by atomic mass is 14.9. The Kier molecular flexibility index (Phi) is 6.42. The van der Waals surface area contributed by atoms with E-state index in [1.54, 1.807) is 5.57 Å². The lowest BCUT2D eigenvalue weighted by Crippen LogP contribution is -2.41. The first-order valence-corrected chi connectivity index (χ1v) is 7.91. The van der Waals surface area contributed by atoms with E-state index in [2.05, 4.69) is 46.0 Å². The van der Waals surface area contributed by atoms with Crippen molar-refractivity contribution in [1.82, 2.24) is 5.32 Å². The molecular formula is C17H33N. The van der Waals surface area contributed by atoms with Gasteiger partial charge in [0.15, 0.2) is 0 Å². The van der Waals surface area contributed by atoms with Crippen LogP contribution in [0.4, 0.5) is 0 Å². The van der Waals surface area contributed by atoms with Crippen molar-refractivity contribution >= 4 is 0 Å². The molecule has 1 aliphatic carbocycles. The van der Waals surface area contributed by atoms with Crippen LogP contribution in [-0.2, 0) is 0 Å². The predicted octanol–water partition coefficient (Wildman–Crippen LogP) is 4.93. The molecule has 1 unspecified atom stereocenters. The van der Waals surface area contributed by atoms with Gasteiger partial charge in [0.2, 0.25) is 0 Å². The number of rotatable bonds is 6. The minimum atomic E-state index is 0.236. The van der Waals surface area contributed by atoms with Gasteiger partial charge in [-0.3, -0.25) is 0 Å². The lowest BCUT2D eigenvalue weighted by molar-refractivity contribution is 0.296. The number of nitrogens with one attached hydrogen (secondary N) is 1. The highest BCUT2D eigenvalue weighted by Crippen LogP contribution is 2.32. The van der Waals surface area contributed by atoms with Crippen LogP contribution in [0.15, 0.2) is 11.6 Å². The molecule has 1 rings (SSSR count). The van der Waals surface area contributed by atoms with E-state index in [9.17, 15) is 0 Å². The molecule has 1 aliphatic rings. The van der Waals surface area contributed by atoms with Crippen LogP contribution in [0.5, 0.6) is 0 Å². The Balaban J connectivity index is 2.70. The Morgan fingerprint density at radius 2 is 1.83 bits per heavy atom. The molecule has 0 amide bonds. The van der Waals surface area contributed by atoms with Gasteiger partial charge in [0.25, 0.3) is 0 Å². The Labute approximate surface area is 114 Å². The summed E-state index contributed by atoms with van der Waals surface area (Å²) in [4.78, 5) is 0. The molecule has 0 aliphatic heterocycles. The molecule has 0 radical (unpaired) electrons. The Bertz CT molecular complexity index is 255. The van der Waals surface area contributed by atoms with Gasteiger partial charge in [0, 0.05) is 12.1 Å². The van der Waals surface area contributed by atoms with E-state index in [0.717, 1.165) is 18.4 Å². The third kappa shape index (κ3) is 5.14. The summed E-state index contributed by atoms with van der Waals surface area (Å²) in [6, 6.07) is 0. The third-order valence-corrected chi connectivity index (χ3v) is 4.27. The van der Waals surface area contributed by atoms with Gasteiger partial charge in [-0.25, -0.2) is 0 Å². The van der Waals surface area contributed by atoms with Crippen molar-refractivity contribution in [2.24, 2.45) is 11.8 Å². The average molecular weight is 251 g/mol. The average Bonchev–Trinajstić information content (AvgIpc) is 2.34. The summed E-state index contributed by atoms with van der Waals surface area (Å²) in [7, 11) is 0. The van der Waals surface area contributed by atoms with Gasteiger partial charge in [-0.05, 0) is 58.3 Å². The molecular weight excluding hydrogens is 218 g/mol. The summed E-state index contributed by atoms with van der Waals surface area (Å²) in [5.74, 6) is 1.61. The van der Waals surface area contributed by atoms with E-state index in [4.69, 9.17) is 0 Å². The molecule has 0 spiro atoms. The molecule has 1 heteroatoms. The molecule has 0 saturated carbocycles. The fraction of sp³-hybridized carbons (Fsp3) is 0.882. The molecule has 1 N–H and O–H groups in total. The van der Waals surface area contributed by atoms with Crippen molar-refractivity contribution in [2.75, 3.05) is 6.54 Å². The maximum Gasteiger partial charge on any atom is 0.00967 e. The maximum atomic E-state index is 3.73. The van der Waals surface area contributed by atoms with Gasteiger partial charge in [0.05, 0.1) is 0 Å². The van der Waals surface area contributed by atoms with Gasteiger partial charge in [0.1, 0.15) is 0 Å². The van der Waals surface area contributed by atoms with Crippen molar-refractivity contribution in [3.8, 4) is 0 Å². The van der Waals surface area contributed by atoms with E-state index in [1.165, 1.54) is 38.5 Å². The number of allylic oxidation sites excluding steroid dienone is 1. The number of hydrogen-bond acceptors (Lipinski definition) is 1. The number of hydrogen-bond donors (Lipinski definition) is 1. The summed E-state index contributed by atoms with van der Waals surface area (Å²) in [6.07, 6.45) is 10.6. The SMILES string of the molecule is CCC(CC)C(CNC(C)(C)C)C1=CCCCC1. The second-order valence-corrected chi connectivity index (χ2v) is 6.84. The minimum absolute atomic E-state index is 0.236. The summed E-state index contributed by atoms with van der Waals surface area (Å²) >= 11 is 0. The smallest absolute Gasteiger partial charge is 0.00967 e. The van der Waals surface area contributed by atoms with Gasteiger partial charge in [-0.1, -0.05) is 38.3 Å². The van der Waals surface area contributed by atoms with Crippen LogP contribution >= 0.6 is 0 Å². The van der Waals surface area contributed by atoms with Crippen molar-refractivity contribution in [2.45, 2.75) is 78.7 Å². The Morgan fingerprint density at radius 1 is 1.17 bits per heavy atom. The van der Waals surface area contributed by atoms with Crippen LogP contribution in [0.1, 0.15) is 73.1 Å². The second kappa shape index (κ2) is 7.33.